The Hall–Kier alpha value is -2.31. The van der Waals surface area contributed by atoms with Crippen LogP contribution < -0.4 is 10.6 Å². The summed E-state index contributed by atoms with van der Waals surface area (Å²) in [6.07, 6.45) is 1.88. The minimum atomic E-state index is -0.0644. The van der Waals surface area contributed by atoms with Crippen LogP contribution in [0.4, 0.5) is 0 Å². The number of hydrogen-bond acceptors (Lipinski definition) is 4. The molecule has 1 aromatic heterocycles. The molecule has 2 N–H and O–H groups in total. The number of hydrogen-bond donors (Lipinski definition) is 2. The zero-order chi connectivity index (χ0) is 17.1. The lowest BCUT2D eigenvalue weighted by Gasteiger charge is -2.11. The molecule has 1 aliphatic heterocycles. The Labute approximate surface area is 150 Å². The van der Waals surface area contributed by atoms with Crippen molar-refractivity contribution >= 4 is 28.7 Å². The number of nitrogens with one attached hydrogen (secondary N) is 2. The molecule has 2 aromatic carbocycles. The normalized spacial score (nSPS) is 17.0. The van der Waals surface area contributed by atoms with E-state index < -0.39 is 0 Å². The Morgan fingerprint density at radius 1 is 1.24 bits per heavy atom. The van der Waals surface area contributed by atoms with E-state index in [0.29, 0.717) is 6.54 Å². The molecule has 0 saturated carbocycles. The fourth-order valence-corrected chi connectivity index (χ4v) is 3.99. The summed E-state index contributed by atoms with van der Waals surface area (Å²) in [7, 11) is 0. The first-order valence-electron chi connectivity index (χ1n) is 8.36. The second-order valence-electron chi connectivity index (χ2n) is 6.17. The number of benzene rings is 2. The van der Waals surface area contributed by atoms with Crippen LogP contribution in [0.3, 0.4) is 0 Å². The second-order valence-corrected chi connectivity index (χ2v) is 7.20. The maximum Gasteiger partial charge on any atom is 0.238 e. The van der Waals surface area contributed by atoms with Gasteiger partial charge in [-0.3, -0.25) is 10.1 Å². The van der Waals surface area contributed by atoms with Crippen molar-refractivity contribution in [2.24, 2.45) is 0 Å². The largest absolute Gasteiger partial charge is 0.351 e. The van der Waals surface area contributed by atoms with Crippen LogP contribution in [0.1, 0.15) is 11.1 Å². The van der Waals surface area contributed by atoms with E-state index in [1.54, 1.807) is 11.8 Å². The molecule has 25 heavy (non-hydrogen) atoms. The number of carbonyl (C=O) groups is 1. The molecule has 1 unspecified atom stereocenters. The highest BCUT2D eigenvalue weighted by Gasteiger charge is 2.21. The zero-order valence-corrected chi connectivity index (χ0v) is 14.6. The van der Waals surface area contributed by atoms with Crippen LogP contribution in [0.2, 0.25) is 0 Å². The highest BCUT2D eigenvalue weighted by atomic mass is 32.2. The van der Waals surface area contributed by atoms with Crippen molar-refractivity contribution in [2.45, 2.75) is 19.1 Å². The fraction of sp³-hybridized carbons (Fsp3) is 0.263. The molecule has 6 heteroatoms. The van der Waals surface area contributed by atoms with Gasteiger partial charge in [0, 0.05) is 24.7 Å². The van der Waals surface area contributed by atoms with Gasteiger partial charge in [0.25, 0.3) is 0 Å². The van der Waals surface area contributed by atoms with E-state index in [4.69, 9.17) is 0 Å². The lowest BCUT2D eigenvalue weighted by atomic mass is 10.1. The van der Waals surface area contributed by atoms with Gasteiger partial charge in [-0.25, -0.2) is 4.98 Å². The van der Waals surface area contributed by atoms with Crippen LogP contribution in [-0.2, 0) is 17.9 Å². The molecular formula is C19H20N4OS. The molecule has 5 nitrogen and oxygen atoms in total. The fourth-order valence-electron chi connectivity index (χ4n) is 3.05. The molecule has 3 aromatic rings. The van der Waals surface area contributed by atoms with Crippen molar-refractivity contribution < 1.29 is 4.79 Å². The molecule has 1 saturated heterocycles. The van der Waals surface area contributed by atoms with Gasteiger partial charge in [0.2, 0.25) is 5.91 Å². The predicted molar refractivity (Wildman–Crippen MR) is 101 cm³/mol. The summed E-state index contributed by atoms with van der Waals surface area (Å²) < 4.78 is 2.15. The first-order chi connectivity index (χ1) is 12.3. The number of imidazole rings is 1. The number of aromatic nitrogens is 2. The molecule has 1 amide bonds. The van der Waals surface area contributed by atoms with E-state index >= 15 is 0 Å². The Kier molecular flexibility index (Phi) is 4.72. The Morgan fingerprint density at radius 3 is 3.00 bits per heavy atom. The number of thioether (sulfide) groups is 1. The molecule has 128 valence electrons. The molecule has 0 aliphatic carbocycles. The SMILES string of the molecule is O=C(NCc1cccc(Cn2cnc3ccccc32)c1)C1CSCN1. The lowest BCUT2D eigenvalue weighted by Crippen LogP contribution is -2.41. The summed E-state index contributed by atoms with van der Waals surface area (Å²) in [5.74, 6) is 1.78. The topological polar surface area (TPSA) is 59.0 Å². The minimum Gasteiger partial charge on any atom is -0.351 e. The van der Waals surface area contributed by atoms with Gasteiger partial charge in [0.1, 0.15) is 0 Å². The molecule has 4 rings (SSSR count). The summed E-state index contributed by atoms with van der Waals surface area (Å²) in [6, 6.07) is 16.4. The van der Waals surface area contributed by atoms with Gasteiger partial charge in [-0.1, -0.05) is 36.4 Å². The highest BCUT2D eigenvalue weighted by molar-refractivity contribution is 7.99. The van der Waals surface area contributed by atoms with Crippen molar-refractivity contribution in [3.8, 4) is 0 Å². The van der Waals surface area contributed by atoms with Crippen molar-refractivity contribution in [3.05, 3.63) is 66.0 Å². The number of fused-ring (bicyclic) bond motifs is 1. The molecule has 1 aliphatic rings. The monoisotopic (exact) mass is 352 g/mol. The van der Waals surface area contributed by atoms with Crippen LogP contribution in [-0.4, -0.2) is 33.1 Å². The van der Waals surface area contributed by atoms with Crippen LogP contribution in [0.5, 0.6) is 0 Å². The maximum atomic E-state index is 12.1. The van der Waals surface area contributed by atoms with Crippen molar-refractivity contribution in [1.82, 2.24) is 20.2 Å². The maximum absolute atomic E-state index is 12.1. The Bertz CT molecular complexity index is 886. The van der Waals surface area contributed by atoms with Crippen LogP contribution >= 0.6 is 11.8 Å². The molecule has 0 spiro atoms. The van der Waals surface area contributed by atoms with Crippen LogP contribution in [0.25, 0.3) is 11.0 Å². The number of carbonyl (C=O) groups excluding carboxylic acids is 1. The molecule has 0 radical (unpaired) electrons. The standard InChI is InChI=1S/C19H20N4OS/c24-19(17-11-25-13-22-17)20-9-14-4-3-5-15(8-14)10-23-12-21-16-6-1-2-7-18(16)23/h1-8,12,17,22H,9-11,13H2,(H,20,24). The summed E-state index contributed by atoms with van der Waals surface area (Å²) in [5, 5.41) is 6.21. The van der Waals surface area contributed by atoms with Crippen molar-refractivity contribution in [3.63, 3.8) is 0 Å². The van der Waals surface area contributed by atoms with Gasteiger partial charge >= 0.3 is 0 Å². The van der Waals surface area contributed by atoms with Gasteiger partial charge in [-0.05, 0) is 23.3 Å². The molecule has 2 heterocycles. The van der Waals surface area contributed by atoms with E-state index in [-0.39, 0.29) is 11.9 Å². The molecule has 0 bridgehead atoms. The number of nitrogens with zero attached hydrogens (tertiary/aromatic N) is 2. The van der Waals surface area contributed by atoms with Gasteiger partial charge in [0.15, 0.2) is 0 Å². The number of amides is 1. The van der Waals surface area contributed by atoms with E-state index in [0.717, 1.165) is 34.8 Å². The first kappa shape index (κ1) is 16.2. The molecule has 1 atom stereocenters. The van der Waals surface area contributed by atoms with Crippen LogP contribution in [0, 0.1) is 0 Å². The number of rotatable bonds is 5. The van der Waals surface area contributed by atoms with Gasteiger partial charge in [0.05, 0.1) is 23.4 Å². The smallest absolute Gasteiger partial charge is 0.238 e. The Balaban J connectivity index is 1.43. The molecule has 1 fully saturated rings. The van der Waals surface area contributed by atoms with Gasteiger partial charge < -0.3 is 9.88 Å². The third-order valence-corrected chi connectivity index (χ3v) is 5.31. The summed E-state index contributed by atoms with van der Waals surface area (Å²) in [6.45, 7) is 1.32. The second kappa shape index (κ2) is 7.29. The highest BCUT2D eigenvalue weighted by Crippen LogP contribution is 2.15. The average molecular weight is 352 g/mol. The van der Waals surface area contributed by atoms with Crippen LogP contribution in [0.15, 0.2) is 54.9 Å². The summed E-state index contributed by atoms with van der Waals surface area (Å²) >= 11 is 1.76. The predicted octanol–water partition coefficient (Wildman–Crippen LogP) is 2.36. The molecular weight excluding hydrogens is 332 g/mol. The van der Waals surface area contributed by atoms with E-state index in [9.17, 15) is 4.79 Å². The summed E-state index contributed by atoms with van der Waals surface area (Å²) in [4.78, 5) is 16.5. The third-order valence-electron chi connectivity index (χ3n) is 4.37. The van der Waals surface area contributed by atoms with Gasteiger partial charge in [-0.15, -0.1) is 11.8 Å². The third kappa shape index (κ3) is 3.70. The summed E-state index contributed by atoms with van der Waals surface area (Å²) in [5.41, 5.74) is 4.45. The Morgan fingerprint density at radius 2 is 2.12 bits per heavy atom. The average Bonchev–Trinajstić information content (AvgIpc) is 3.31. The van der Waals surface area contributed by atoms with E-state index in [2.05, 4.69) is 38.4 Å². The quantitative estimate of drug-likeness (QED) is 0.740. The van der Waals surface area contributed by atoms with Crippen molar-refractivity contribution in [1.29, 1.82) is 0 Å². The first-order valence-corrected chi connectivity index (χ1v) is 9.51. The zero-order valence-electron chi connectivity index (χ0n) is 13.8. The van der Waals surface area contributed by atoms with Gasteiger partial charge in [-0.2, -0.15) is 0 Å². The van der Waals surface area contributed by atoms with E-state index in [1.165, 1.54) is 5.56 Å². The van der Waals surface area contributed by atoms with Crippen molar-refractivity contribution in [2.75, 3.05) is 11.6 Å². The van der Waals surface area contributed by atoms with E-state index in [1.807, 2.05) is 36.7 Å². The minimum absolute atomic E-state index is 0.0644. The lowest BCUT2D eigenvalue weighted by molar-refractivity contribution is -0.122. The number of para-hydroxylation sites is 2.